The van der Waals surface area contributed by atoms with Crippen LogP contribution in [-0.4, -0.2) is 35.4 Å². The molecule has 1 saturated heterocycles. The number of ether oxygens (including phenoxy) is 1. The summed E-state index contributed by atoms with van der Waals surface area (Å²) < 4.78 is 6.19. The number of carbonyl (C=O) groups is 2. The summed E-state index contributed by atoms with van der Waals surface area (Å²) in [6, 6.07) is 14.4. The highest BCUT2D eigenvalue weighted by atomic mass is 35.5. The molecule has 26 heavy (non-hydrogen) atoms. The van der Waals surface area contributed by atoms with Gasteiger partial charge in [0.25, 0.3) is 0 Å². The van der Waals surface area contributed by atoms with Gasteiger partial charge in [0.1, 0.15) is 11.4 Å². The van der Waals surface area contributed by atoms with Gasteiger partial charge in [0.2, 0.25) is 0 Å². The van der Waals surface area contributed by atoms with Crippen molar-refractivity contribution in [2.75, 3.05) is 18.4 Å². The van der Waals surface area contributed by atoms with Gasteiger partial charge in [-0.2, -0.15) is 0 Å². The molecule has 0 saturated carbocycles. The second kappa shape index (κ2) is 6.65. The van der Waals surface area contributed by atoms with E-state index in [1.165, 1.54) is 0 Å². The van der Waals surface area contributed by atoms with Crippen LogP contribution in [0, 0.1) is 0 Å². The highest BCUT2D eigenvalue weighted by Gasteiger charge is 2.43. The Morgan fingerprint density at radius 3 is 2.58 bits per heavy atom. The Morgan fingerprint density at radius 1 is 1.12 bits per heavy atom. The number of ketones is 1. The number of nitrogens with zero attached hydrogens (tertiary/aromatic N) is 1. The molecule has 1 spiro atoms. The number of fused-ring (bicyclic) bond motifs is 1. The molecule has 4 rings (SSSR count). The Labute approximate surface area is 156 Å². The van der Waals surface area contributed by atoms with Crippen molar-refractivity contribution in [3.05, 3.63) is 59.1 Å². The number of hydrogen-bond acceptors (Lipinski definition) is 3. The van der Waals surface area contributed by atoms with E-state index >= 15 is 0 Å². The Balaban J connectivity index is 1.43. The van der Waals surface area contributed by atoms with E-state index in [9.17, 15) is 9.59 Å². The zero-order chi connectivity index (χ0) is 18.1. The fraction of sp³-hybridized carbons (Fsp3) is 0.300. The Kier molecular flexibility index (Phi) is 4.32. The minimum absolute atomic E-state index is 0.0742. The van der Waals surface area contributed by atoms with Crippen molar-refractivity contribution in [3.63, 3.8) is 0 Å². The lowest BCUT2D eigenvalue weighted by Gasteiger charge is -2.43. The molecule has 2 amide bonds. The van der Waals surface area contributed by atoms with Crippen molar-refractivity contribution < 1.29 is 14.3 Å². The molecule has 0 radical (unpaired) electrons. The standard InChI is InChI=1S/C20H19ClN2O3/c21-14-6-7-16-17(24)13-20(26-18(16)12-14)8-10-23(11-9-20)19(25)22-15-4-2-1-3-5-15/h1-7,12H,8-11,13H2,(H,22,25). The van der Waals surface area contributed by atoms with Gasteiger partial charge in [-0.05, 0) is 30.3 Å². The van der Waals surface area contributed by atoms with E-state index in [0.717, 1.165) is 5.69 Å². The van der Waals surface area contributed by atoms with Gasteiger partial charge in [-0.1, -0.05) is 29.8 Å². The molecule has 0 unspecified atom stereocenters. The predicted octanol–water partition coefficient (Wildman–Crippen LogP) is 4.37. The van der Waals surface area contributed by atoms with Gasteiger partial charge >= 0.3 is 6.03 Å². The topological polar surface area (TPSA) is 58.6 Å². The Morgan fingerprint density at radius 2 is 1.85 bits per heavy atom. The molecule has 6 heteroatoms. The third kappa shape index (κ3) is 3.27. The van der Waals surface area contributed by atoms with E-state index in [4.69, 9.17) is 16.3 Å². The van der Waals surface area contributed by atoms with E-state index in [1.54, 1.807) is 23.1 Å². The number of para-hydroxylation sites is 1. The second-order valence-corrected chi connectivity index (χ2v) is 7.25. The largest absolute Gasteiger partial charge is 0.486 e. The van der Waals surface area contributed by atoms with Gasteiger partial charge < -0.3 is 15.0 Å². The molecular formula is C20H19ClN2O3. The first kappa shape index (κ1) is 16.9. The van der Waals surface area contributed by atoms with Crippen molar-refractivity contribution >= 4 is 29.1 Å². The summed E-state index contributed by atoms with van der Waals surface area (Å²) in [4.78, 5) is 26.7. The van der Waals surface area contributed by atoms with Crippen LogP contribution >= 0.6 is 11.6 Å². The molecule has 1 N–H and O–H groups in total. The van der Waals surface area contributed by atoms with Crippen molar-refractivity contribution in [2.24, 2.45) is 0 Å². The number of rotatable bonds is 1. The minimum Gasteiger partial charge on any atom is -0.486 e. The summed E-state index contributed by atoms with van der Waals surface area (Å²) in [5.74, 6) is 0.626. The minimum atomic E-state index is -0.543. The average molecular weight is 371 g/mol. The van der Waals surface area contributed by atoms with E-state index < -0.39 is 5.60 Å². The first-order valence-corrected chi connectivity index (χ1v) is 9.05. The van der Waals surface area contributed by atoms with Crippen molar-refractivity contribution in [3.8, 4) is 5.75 Å². The third-order valence-corrected chi connectivity index (χ3v) is 5.28. The summed E-state index contributed by atoms with van der Waals surface area (Å²) in [5, 5.41) is 3.45. The molecular weight excluding hydrogens is 352 g/mol. The first-order valence-electron chi connectivity index (χ1n) is 8.67. The van der Waals surface area contributed by atoms with Gasteiger partial charge in [-0.25, -0.2) is 4.79 Å². The third-order valence-electron chi connectivity index (χ3n) is 5.04. The highest BCUT2D eigenvalue weighted by molar-refractivity contribution is 6.30. The van der Waals surface area contributed by atoms with Crippen LogP contribution in [0.1, 0.15) is 29.6 Å². The van der Waals surface area contributed by atoms with Crippen molar-refractivity contribution in [1.82, 2.24) is 4.90 Å². The molecule has 2 aromatic carbocycles. The van der Waals surface area contributed by atoms with Crippen LogP contribution in [0.5, 0.6) is 5.75 Å². The molecule has 5 nitrogen and oxygen atoms in total. The summed E-state index contributed by atoms with van der Waals surface area (Å²) >= 11 is 6.04. The lowest BCUT2D eigenvalue weighted by Crippen LogP contribution is -2.53. The van der Waals surface area contributed by atoms with Crippen molar-refractivity contribution in [1.29, 1.82) is 0 Å². The van der Waals surface area contributed by atoms with Gasteiger partial charge in [-0.15, -0.1) is 0 Å². The number of Topliss-reactive ketones (excluding diaryl/α,β-unsaturated/α-hetero) is 1. The molecule has 0 bridgehead atoms. The fourth-order valence-electron chi connectivity index (χ4n) is 3.59. The number of benzene rings is 2. The molecule has 0 aliphatic carbocycles. The van der Waals surface area contributed by atoms with Gasteiger partial charge in [-0.3, -0.25) is 4.79 Å². The van der Waals surface area contributed by atoms with E-state index in [2.05, 4.69) is 5.32 Å². The maximum absolute atomic E-state index is 12.5. The molecule has 1 fully saturated rings. The molecule has 0 atom stereocenters. The van der Waals surface area contributed by atoms with Crippen LogP contribution in [0.2, 0.25) is 5.02 Å². The highest BCUT2D eigenvalue weighted by Crippen LogP contribution is 2.40. The molecule has 134 valence electrons. The molecule has 2 aliphatic rings. The predicted molar refractivity (Wildman–Crippen MR) is 100 cm³/mol. The number of halogens is 1. The number of anilines is 1. The number of urea groups is 1. The fourth-order valence-corrected chi connectivity index (χ4v) is 3.75. The smallest absolute Gasteiger partial charge is 0.321 e. The number of nitrogens with one attached hydrogen (secondary N) is 1. The van der Waals surface area contributed by atoms with E-state index in [-0.39, 0.29) is 11.8 Å². The average Bonchev–Trinajstić information content (AvgIpc) is 2.62. The molecule has 2 aliphatic heterocycles. The van der Waals surface area contributed by atoms with Crippen LogP contribution in [0.25, 0.3) is 0 Å². The summed E-state index contributed by atoms with van der Waals surface area (Å²) in [5.41, 5.74) is 0.813. The number of amides is 2. The monoisotopic (exact) mass is 370 g/mol. The molecule has 0 aromatic heterocycles. The van der Waals surface area contributed by atoms with Crippen molar-refractivity contribution in [2.45, 2.75) is 24.9 Å². The summed E-state index contributed by atoms with van der Waals surface area (Å²) in [6.45, 7) is 1.09. The van der Waals surface area contributed by atoms with Gasteiger partial charge in [0.05, 0.1) is 12.0 Å². The maximum Gasteiger partial charge on any atom is 0.321 e. The lowest BCUT2D eigenvalue weighted by molar-refractivity contribution is 0.000401. The second-order valence-electron chi connectivity index (χ2n) is 6.81. The zero-order valence-electron chi connectivity index (χ0n) is 14.2. The molecule has 2 heterocycles. The number of likely N-dealkylation sites (tertiary alicyclic amines) is 1. The van der Waals surface area contributed by atoms with E-state index in [0.29, 0.717) is 48.7 Å². The lowest BCUT2D eigenvalue weighted by atomic mass is 9.82. The van der Waals surface area contributed by atoms with Crippen LogP contribution in [0.3, 0.4) is 0 Å². The SMILES string of the molecule is O=C1CC2(CCN(C(=O)Nc3ccccc3)CC2)Oc2cc(Cl)ccc21. The van der Waals surface area contributed by atoms with E-state index in [1.807, 2.05) is 30.3 Å². The van der Waals surface area contributed by atoms with Gasteiger partial charge in [0.15, 0.2) is 5.78 Å². The zero-order valence-corrected chi connectivity index (χ0v) is 15.0. The maximum atomic E-state index is 12.5. The summed E-state index contributed by atoms with van der Waals surface area (Å²) in [7, 11) is 0. The summed E-state index contributed by atoms with van der Waals surface area (Å²) in [6.07, 6.45) is 1.58. The normalized spacial score (nSPS) is 18.2. The Hall–Kier alpha value is -2.53. The quantitative estimate of drug-likeness (QED) is 0.810. The van der Waals surface area contributed by atoms with Crippen LogP contribution in [-0.2, 0) is 0 Å². The van der Waals surface area contributed by atoms with Gasteiger partial charge in [0, 0.05) is 36.6 Å². The Bertz CT molecular complexity index is 845. The van der Waals surface area contributed by atoms with Crippen LogP contribution < -0.4 is 10.1 Å². The first-order chi connectivity index (χ1) is 12.5. The number of piperidine rings is 1. The number of carbonyl (C=O) groups excluding carboxylic acids is 2. The number of hydrogen-bond donors (Lipinski definition) is 1. The van der Waals surface area contributed by atoms with Crippen LogP contribution in [0.15, 0.2) is 48.5 Å². The van der Waals surface area contributed by atoms with Crippen LogP contribution in [0.4, 0.5) is 10.5 Å². The molecule has 2 aromatic rings.